The third-order valence-corrected chi connectivity index (χ3v) is 7.17. The summed E-state index contributed by atoms with van der Waals surface area (Å²) >= 11 is 0. The fourth-order valence-electron chi connectivity index (χ4n) is 3.69. The van der Waals surface area contributed by atoms with Crippen molar-refractivity contribution in [3.63, 3.8) is 0 Å². The number of amides is 1. The number of rotatable bonds is 5. The van der Waals surface area contributed by atoms with Crippen molar-refractivity contribution in [3.8, 4) is 11.5 Å². The monoisotopic (exact) mass is 444 g/mol. The van der Waals surface area contributed by atoms with Crippen molar-refractivity contribution in [2.24, 2.45) is 5.92 Å². The number of sulfonamides is 1. The molecule has 0 saturated carbocycles. The van der Waals surface area contributed by atoms with Gasteiger partial charge < -0.3 is 8.83 Å². The predicted molar refractivity (Wildman–Crippen MR) is 113 cm³/mol. The Morgan fingerprint density at radius 2 is 1.90 bits per heavy atom. The summed E-state index contributed by atoms with van der Waals surface area (Å²) in [5.74, 6) is 1.44. The van der Waals surface area contributed by atoms with E-state index in [2.05, 4.69) is 15.5 Å². The molecule has 1 N–H and O–H groups in total. The van der Waals surface area contributed by atoms with Crippen LogP contribution in [0.15, 0.2) is 44.1 Å². The van der Waals surface area contributed by atoms with Gasteiger partial charge in [-0.2, -0.15) is 4.31 Å². The van der Waals surface area contributed by atoms with E-state index in [0.717, 1.165) is 12.8 Å². The fourth-order valence-corrected chi connectivity index (χ4v) is 5.29. The Bertz CT molecular complexity index is 1200. The Balaban J connectivity index is 1.46. The predicted octanol–water partition coefficient (Wildman–Crippen LogP) is 3.62. The molecule has 164 valence electrons. The van der Waals surface area contributed by atoms with Crippen LogP contribution < -0.4 is 5.32 Å². The van der Waals surface area contributed by atoms with Crippen molar-refractivity contribution in [3.05, 3.63) is 47.4 Å². The van der Waals surface area contributed by atoms with Crippen molar-refractivity contribution in [1.82, 2.24) is 14.5 Å². The molecule has 31 heavy (non-hydrogen) atoms. The summed E-state index contributed by atoms with van der Waals surface area (Å²) in [5, 5.41) is 10.3. The highest BCUT2D eigenvalue weighted by Crippen LogP contribution is 2.27. The molecule has 2 aromatic heterocycles. The molecule has 4 rings (SSSR count). The number of aromatic nitrogens is 2. The van der Waals surface area contributed by atoms with Gasteiger partial charge in [-0.1, -0.05) is 12.0 Å². The summed E-state index contributed by atoms with van der Waals surface area (Å²) in [5.41, 5.74) is 0.938. The molecule has 10 heteroatoms. The smallest absolute Gasteiger partial charge is 0.322 e. The van der Waals surface area contributed by atoms with Gasteiger partial charge in [0.15, 0.2) is 0 Å². The van der Waals surface area contributed by atoms with Crippen LogP contribution in [0.2, 0.25) is 0 Å². The van der Waals surface area contributed by atoms with Crippen molar-refractivity contribution >= 4 is 21.9 Å². The Labute approximate surface area is 180 Å². The second-order valence-corrected chi connectivity index (χ2v) is 9.77. The normalized spacial score (nSPS) is 17.6. The Kier molecular flexibility index (Phi) is 5.67. The zero-order valence-electron chi connectivity index (χ0n) is 17.6. The summed E-state index contributed by atoms with van der Waals surface area (Å²) in [6, 6.07) is 7.54. The second-order valence-electron chi connectivity index (χ2n) is 7.83. The van der Waals surface area contributed by atoms with Crippen molar-refractivity contribution in [2.75, 3.05) is 18.4 Å². The molecule has 1 aliphatic rings. The number of anilines is 1. The molecule has 1 unspecified atom stereocenters. The number of carbonyl (C=O) groups is 1. The summed E-state index contributed by atoms with van der Waals surface area (Å²) in [6.07, 6.45) is 1.88. The van der Waals surface area contributed by atoms with E-state index in [-0.39, 0.29) is 22.4 Å². The lowest BCUT2D eigenvalue weighted by Crippen LogP contribution is -2.39. The van der Waals surface area contributed by atoms with Gasteiger partial charge in [0.05, 0.1) is 10.5 Å². The first-order chi connectivity index (χ1) is 14.7. The van der Waals surface area contributed by atoms with Crippen LogP contribution in [0, 0.1) is 19.8 Å². The average molecular weight is 445 g/mol. The van der Waals surface area contributed by atoms with Gasteiger partial charge in [0.25, 0.3) is 11.8 Å². The van der Waals surface area contributed by atoms with E-state index in [9.17, 15) is 13.2 Å². The molecule has 1 amide bonds. The van der Waals surface area contributed by atoms with E-state index < -0.39 is 15.9 Å². The highest BCUT2D eigenvalue weighted by atomic mass is 32.2. The molecular weight excluding hydrogens is 420 g/mol. The maximum Gasteiger partial charge on any atom is 0.322 e. The van der Waals surface area contributed by atoms with Crippen molar-refractivity contribution < 1.29 is 22.0 Å². The Hall–Kier alpha value is -2.98. The number of aryl methyl sites for hydroxylation is 2. The third kappa shape index (κ3) is 4.40. The molecule has 3 aromatic rings. The van der Waals surface area contributed by atoms with Crippen LogP contribution in [-0.2, 0) is 10.0 Å². The summed E-state index contributed by atoms with van der Waals surface area (Å²) in [6.45, 7) is 6.67. The van der Waals surface area contributed by atoms with Crippen LogP contribution >= 0.6 is 0 Å². The highest BCUT2D eigenvalue weighted by molar-refractivity contribution is 7.89. The molecule has 0 spiro atoms. The van der Waals surface area contributed by atoms with Gasteiger partial charge in [0.1, 0.15) is 11.5 Å². The number of nitrogens with zero attached hydrogens (tertiary/aromatic N) is 3. The SMILES string of the molecule is Cc1cc(-c2nnc(NC(=O)c3ccc(S(=O)(=O)N4CCCC(C)C4)cc3)o2)c(C)o1. The second kappa shape index (κ2) is 8.27. The minimum Gasteiger partial charge on any atom is -0.466 e. The number of carbonyl (C=O) groups excluding carboxylic acids is 1. The molecule has 0 aliphatic carbocycles. The van der Waals surface area contributed by atoms with Crippen molar-refractivity contribution in [1.29, 1.82) is 0 Å². The number of furan rings is 1. The van der Waals surface area contributed by atoms with E-state index in [4.69, 9.17) is 8.83 Å². The summed E-state index contributed by atoms with van der Waals surface area (Å²) < 4.78 is 38.2. The Morgan fingerprint density at radius 1 is 1.16 bits per heavy atom. The number of hydrogen-bond acceptors (Lipinski definition) is 7. The van der Waals surface area contributed by atoms with Crippen LogP contribution in [0.25, 0.3) is 11.5 Å². The third-order valence-electron chi connectivity index (χ3n) is 5.29. The molecule has 0 bridgehead atoms. The molecule has 1 aromatic carbocycles. The first-order valence-electron chi connectivity index (χ1n) is 10.1. The van der Waals surface area contributed by atoms with Gasteiger partial charge in [0, 0.05) is 18.7 Å². The standard InChI is InChI=1S/C21H24N4O5S/c1-13-5-4-10-25(12-13)31(27,28)17-8-6-16(7-9-17)19(26)22-21-24-23-20(30-21)18-11-14(2)29-15(18)3/h6-9,11,13H,4-5,10,12H2,1-3H3,(H,22,24,26). The molecule has 1 fully saturated rings. The van der Waals surface area contributed by atoms with Gasteiger partial charge in [-0.3, -0.25) is 10.1 Å². The minimum absolute atomic E-state index is 0.0581. The molecule has 9 nitrogen and oxygen atoms in total. The molecular formula is C21H24N4O5S. The van der Waals surface area contributed by atoms with Gasteiger partial charge in [-0.25, -0.2) is 8.42 Å². The van der Waals surface area contributed by atoms with E-state index >= 15 is 0 Å². The molecule has 0 radical (unpaired) electrons. The maximum absolute atomic E-state index is 12.9. The first-order valence-corrected chi connectivity index (χ1v) is 11.5. The van der Waals surface area contributed by atoms with Crippen molar-refractivity contribution in [2.45, 2.75) is 38.5 Å². The van der Waals surface area contributed by atoms with E-state index in [1.807, 2.05) is 13.8 Å². The van der Waals surface area contributed by atoms with Crippen LogP contribution in [0.3, 0.4) is 0 Å². The lowest BCUT2D eigenvalue weighted by Gasteiger charge is -2.30. The first kappa shape index (κ1) is 21.3. The highest BCUT2D eigenvalue weighted by Gasteiger charge is 2.28. The minimum atomic E-state index is -3.57. The van der Waals surface area contributed by atoms with E-state index in [1.165, 1.54) is 28.6 Å². The molecule has 3 heterocycles. The molecule has 1 atom stereocenters. The van der Waals surface area contributed by atoms with Crippen LogP contribution in [0.5, 0.6) is 0 Å². The van der Waals surface area contributed by atoms with Crippen LogP contribution in [-0.4, -0.2) is 41.9 Å². The largest absolute Gasteiger partial charge is 0.466 e. The number of hydrogen-bond donors (Lipinski definition) is 1. The summed E-state index contributed by atoms with van der Waals surface area (Å²) in [7, 11) is -3.57. The van der Waals surface area contributed by atoms with E-state index in [0.29, 0.717) is 36.1 Å². The lowest BCUT2D eigenvalue weighted by atomic mass is 10.0. The Morgan fingerprint density at radius 3 is 2.55 bits per heavy atom. The van der Waals surface area contributed by atoms with Crippen LogP contribution in [0.1, 0.15) is 41.6 Å². The lowest BCUT2D eigenvalue weighted by molar-refractivity contribution is 0.102. The molecule has 1 aliphatic heterocycles. The summed E-state index contributed by atoms with van der Waals surface area (Å²) in [4.78, 5) is 12.7. The van der Waals surface area contributed by atoms with E-state index in [1.54, 1.807) is 13.0 Å². The fraction of sp³-hybridized carbons (Fsp3) is 0.381. The average Bonchev–Trinajstić information content (AvgIpc) is 3.33. The topological polar surface area (TPSA) is 119 Å². The van der Waals surface area contributed by atoms with Gasteiger partial charge in [0.2, 0.25) is 10.0 Å². The number of piperidine rings is 1. The quantitative estimate of drug-likeness (QED) is 0.638. The van der Waals surface area contributed by atoms with Gasteiger partial charge in [-0.15, -0.1) is 5.10 Å². The van der Waals surface area contributed by atoms with Gasteiger partial charge in [-0.05, 0) is 62.9 Å². The number of benzene rings is 1. The number of nitrogens with one attached hydrogen (secondary N) is 1. The zero-order valence-corrected chi connectivity index (χ0v) is 18.4. The zero-order chi connectivity index (χ0) is 22.2. The maximum atomic E-state index is 12.9. The van der Waals surface area contributed by atoms with Crippen LogP contribution in [0.4, 0.5) is 6.01 Å². The molecule has 1 saturated heterocycles. The van der Waals surface area contributed by atoms with Gasteiger partial charge >= 0.3 is 6.01 Å².